The van der Waals surface area contributed by atoms with Gasteiger partial charge in [-0.3, -0.25) is 9.59 Å². The van der Waals surface area contributed by atoms with E-state index in [1.54, 1.807) is 25.7 Å². The van der Waals surface area contributed by atoms with Crippen LogP contribution in [0.25, 0.3) is 0 Å². The van der Waals surface area contributed by atoms with Gasteiger partial charge in [-0.2, -0.15) is 0 Å². The molecule has 3 atom stereocenters. The summed E-state index contributed by atoms with van der Waals surface area (Å²) in [5, 5.41) is 2.59. The first-order chi connectivity index (χ1) is 16.4. The number of likely N-dealkylation sites (tertiary alicyclic amines) is 2. The molecule has 3 amide bonds. The number of benzene rings is 1. The average Bonchev–Trinajstić information content (AvgIpc) is 3.38. The summed E-state index contributed by atoms with van der Waals surface area (Å²) < 4.78 is 46.7. The van der Waals surface area contributed by atoms with Gasteiger partial charge in [0, 0.05) is 50.0 Å². The Kier molecular flexibility index (Phi) is 7.02. The molecule has 3 aliphatic rings. The molecule has 1 saturated carbocycles. The quantitative estimate of drug-likeness (QED) is 0.614. The number of hydrogen-bond acceptors (Lipinski definition) is 4. The third-order valence-electron chi connectivity index (χ3n) is 6.80. The van der Waals surface area contributed by atoms with E-state index in [0.717, 1.165) is 25.3 Å². The maximum atomic E-state index is 14.3. The number of ether oxygens (including phenoxy) is 1. The number of amides is 3. The lowest BCUT2D eigenvalue weighted by Gasteiger charge is -2.28. The van der Waals surface area contributed by atoms with Crippen LogP contribution in [0.15, 0.2) is 12.1 Å². The number of carbonyl (C=O) groups excluding carboxylic acids is 3. The summed E-state index contributed by atoms with van der Waals surface area (Å²) in [5.41, 5.74) is -0.950. The Morgan fingerprint density at radius 1 is 1.06 bits per heavy atom. The second kappa shape index (κ2) is 9.70. The largest absolute Gasteiger partial charge is 0.444 e. The SMILES string of the molecule is CC(C)(C)OC(=O)N[C@@H](CC(=O)N1CC[C@H]2CN(C(=O)C3CC3)C[C@H]21)Cc1cc(F)c(F)cc1F. The number of halogens is 3. The molecule has 2 heterocycles. The van der Waals surface area contributed by atoms with Crippen LogP contribution in [0.3, 0.4) is 0 Å². The highest BCUT2D eigenvalue weighted by molar-refractivity contribution is 5.82. The first kappa shape index (κ1) is 25.3. The molecule has 1 N–H and O–H groups in total. The van der Waals surface area contributed by atoms with E-state index in [4.69, 9.17) is 4.74 Å². The molecule has 192 valence electrons. The molecule has 35 heavy (non-hydrogen) atoms. The van der Waals surface area contributed by atoms with Crippen LogP contribution in [0.2, 0.25) is 0 Å². The summed E-state index contributed by atoms with van der Waals surface area (Å²) in [5.74, 6) is -3.24. The van der Waals surface area contributed by atoms with Crippen LogP contribution >= 0.6 is 0 Å². The Balaban J connectivity index is 1.45. The van der Waals surface area contributed by atoms with E-state index in [1.165, 1.54) is 0 Å². The highest BCUT2D eigenvalue weighted by Gasteiger charge is 2.47. The predicted molar refractivity (Wildman–Crippen MR) is 121 cm³/mol. The minimum absolute atomic E-state index is 0.0904. The lowest BCUT2D eigenvalue weighted by Crippen LogP contribution is -2.46. The van der Waals surface area contributed by atoms with Crippen LogP contribution in [-0.2, 0) is 20.7 Å². The van der Waals surface area contributed by atoms with Crippen molar-refractivity contribution in [3.8, 4) is 0 Å². The van der Waals surface area contributed by atoms with Crippen LogP contribution in [-0.4, -0.2) is 65.0 Å². The van der Waals surface area contributed by atoms with Gasteiger partial charge in [0.05, 0.1) is 6.04 Å². The van der Waals surface area contributed by atoms with E-state index < -0.39 is 35.2 Å². The number of nitrogens with one attached hydrogen (secondary N) is 1. The molecule has 0 aromatic heterocycles. The van der Waals surface area contributed by atoms with Crippen LogP contribution in [0, 0.1) is 29.3 Å². The van der Waals surface area contributed by atoms with E-state index in [0.29, 0.717) is 25.7 Å². The summed E-state index contributed by atoms with van der Waals surface area (Å²) in [6.45, 7) is 6.72. The van der Waals surface area contributed by atoms with Gasteiger partial charge in [0.25, 0.3) is 0 Å². The fraction of sp³-hybridized carbons (Fsp3) is 0.640. The standard InChI is InChI=1S/C25H32F3N3O4/c1-25(2,3)35-24(34)29-17(8-16-9-19(27)20(28)11-18(16)26)10-22(32)31-7-6-15-12-30(13-21(15)31)23(33)14-4-5-14/h9,11,14-15,17,21H,4-8,10,12-13H2,1-3H3,(H,29,34)/t15-,17+,21+/m0/s1. The zero-order valence-electron chi connectivity index (χ0n) is 20.3. The Morgan fingerprint density at radius 2 is 1.74 bits per heavy atom. The molecule has 1 aromatic carbocycles. The monoisotopic (exact) mass is 495 g/mol. The van der Waals surface area contributed by atoms with Crippen molar-refractivity contribution in [2.75, 3.05) is 19.6 Å². The first-order valence-corrected chi connectivity index (χ1v) is 12.1. The predicted octanol–water partition coefficient (Wildman–Crippen LogP) is 3.40. The van der Waals surface area contributed by atoms with E-state index >= 15 is 0 Å². The summed E-state index contributed by atoms with van der Waals surface area (Å²) in [4.78, 5) is 41.8. The Morgan fingerprint density at radius 3 is 2.40 bits per heavy atom. The number of rotatable bonds is 6. The molecule has 2 saturated heterocycles. The van der Waals surface area contributed by atoms with Gasteiger partial charge in [0.2, 0.25) is 11.8 Å². The molecule has 1 aliphatic carbocycles. The zero-order valence-corrected chi connectivity index (χ0v) is 20.3. The van der Waals surface area contributed by atoms with Gasteiger partial charge in [0.1, 0.15) is 11.4 Å². The molecule has 0 radical (unpaired) electrons. The van der Waals surface area contributed by atoms with E-state index in [2.05, 4.69) is 5.32 Å². The second-order valence-electron chi connectivity index (χ2n) is 10.8. The first-order valence-electron chi connectivity index (χ1n) is 12.1. The molecule has 0 unspecified atom stereocenters. The fourth-order valence-corrected chi connectivity index (χ4v) is 5.00. The molecule has 7 nitrogen and oxygen atoms in total. The van der Waals surface area contributed by atoms with Gasteiger partial charge >= 0.3 is 6.09 Å². The lowest BCUT2D eigenvalue weighted by atomic mass is 10.0. The van der Waals surface area contributed by atoms with Crippen LogP contribution in [0.1, 0.15) is 52.0 Å². The van der Waals surface area contributed by atoms with Gasteiger partial charge in [-0.05, 0) is 58.1 Å². The van der Waals surface area contributed by atoms with Crippen molar-refractivity contribution in [1.29, 1.82) is 0 Å². The highest BCUT2D eigenvalue weighted by atomic mass is 19.2. The molecule has 0 spiro atoms. The lowest BCUT2D eigenvalue weighted by molar-refractivity contribution is -0.135. The third kappa shape index (κ3) is 6.08. The second-order valence-corrected chi connectivity index (χ2v) is 10.8. The van der Waals surface area contributed by atoms with Gasteiger partial charge in [-0.25, -0.2) is 18.0 Å². The molecule has 10 heteroatoms. The fourth-order valence-electron chi connectivity index (χ4n) is 5.00. The van der Waals surface area contributed by atoms with Crippen molar-refractivity contribution < 1.29 is 32.3 Å². The van der Waals surface area contributed by atoms with Crippen molar-refractivity contribution in [2.45, 2.75) is 70.6 Å². The van der Waals surface area contributed by atoms with Crippen molar-refractivity contribution >= 4 is 17.9 Å². The molecular formula is C25H32F3N3O4. The van der Waals surface area contributed by atoms with Gasteiger partial charge in [0.15, 0.2) is 11.6 Å². The average molecular weight is 496 g/mol. The van der Waals surface area contributed by atoms with E-state index in [1.807, 2.05) is 4.90 Å². The maximum Gasteiger partial charge on any atom is 0.407 e. The number of nitrogens with zero attached hydrogens (tertiary/aromatic N) is 2. The normalized spacial score (nSPS) is 22.7. The minimum atomic E-state index is -1.31. The summed E-state index contributed by atoms with van der Waals surface area (Å²) in [6.07, 6.45) is 1.45. The van der Waals surface area contributed by atoms with Crippen molar-refractivity contribution in [1.82, 2.24) is 15.1 Å². The molecule has 3 fully saturated rings. The Hall–Kier alpha value is -2.78. The Bertz CT molecular complexity index is 1010. The summed E-state index contributed by atoms with van der Waals surface area (Å²) in [7, 11) is 0. The van der Waals surface area contributed by atoms with E-state index in [-0.39, 0.29) is 48.1 Å². The van der Waals surface area contributed by atoms with Crippen molar-refractivity contribution in [3.63, 3.8) is 0 Å². The Labute approximate surface area is 203 Å². The smallest absolute Gasteiger partial charge is 0.407 e. The highest BCUT2D eigenvalue weighted by Crippen LogP contribution is 2.37. The van der Waals surface area contributed by atoms with Crippen molar-refractivity contribution in [2.24, 2.45) is 11.8 Å². The zero-order chi connectivity index (χ0) is 25.5. The third-order valence-corrected chi connectivity index (χ3v) is 6.80. The number of alkyl carbamates (subject to hydrolysis) is 1. The molecule has 1 aromatic rings. The van der Waals surface area contributed by atoms with Crippen LogP contribution in [0.5, 0.6) is 0 Å². The molecule has 4 rings (SSSR count). The number of hydrogen-bond donors (Lipinski definition) is 1. The van der Waals surface area contributed by atoms with Crippen LogP contribution in [0.4, 0.5) is 18.0 Å². The summed E-state index contributed by atoms with van der Waals surface area (Å²) >= 11 is 0. The van der Waals surface area contributed by atoms with Gasteiger partial charge in [-0.1, -0.05) is 0 Å². The maximum absolute atomic E-state index is 14.3. The molecular weight excluding hydrogens is 463 g/mol. The van der Waals surface area contributed by atoms with Crippen LogP contribution < -0.4 is 5.32 Å². The van der Waals surface area contributed by atoms with E-state index in [9.17, 15) is 27.6 Å². The van der Waals surface area contributed by atoms with Gasteiger partial charge in [-0.15, -0.1) is 0 Å². The number of fused-ring (bicyclic) bond motifs is 1. The van der Waals surface area contributed by atoms with Crippen molar-refractivity contribution in [3.05, 3.63) is 35.1 Å². The topological polar surface area (TPSA) is 79.0 Å². The van der Waals surface area contributed by atoms with Gasteiger partial charge < -0.3 is 19.9 Å². The number of carbonyl (C=O) groups is 3. The minimum Gasteiger partial charge on any atom is -0.444 e. The molecule has 0 bridgehead atoms. The summed E-state index contributed by atoms with van der Waals surface area (Å²) in [6, 6.07) is 0.198. The molecule has 2 aliphatic heterocycles.